The molecule has 0 unspecified atom stereocenters. The van der Waals surface area contributed by atoms with Crippen LogP contribution in [0.1, 0.15) is 46.7 Å². The predicted octanol–water partition coefficient (Wildman–Crippen LogP) is 6.04. The Morgan fingerprint density at radius 1 is 0.931 bits per heavy atom. The smallest absolute Gasteiger partial charge is 0.372 e. The van der Waals surface area contributed by atoms with Crippen LogP contribution in [0.5, 0.6) is 0 Å². The third-order valence-electron chi connectivity index (χ3n) is 4.95. The molecule has 0 aliphatic carbocycles. The van der Waals surface area contributed by atoms with Gasteiger partial charge < -0.3 is 10.1 Å². The molecular formula is C21H21F6NO. The van der Waals surface area contributed by atoms with Crippen LogP contribution >= 0.6 is 0 Å². The number of ether oxygens (including phenoxy) is 1. The average molecular weight is 417 g/mol. The summed E-state index contributed by atoms with van der Waals surface area (Å²) in [5.41, 5.74) is -0.753. The summed E-state index contributed by atoms with van der Waals surface area (Å²) in [6.07, 6.45) is -8.62. The van der Waals surface area contributed by atoms with E-state index >= 15 is 0 Å². The van der Waals surface area contributed by atoms with Crippen LogP contribution in [0.25, 0.3) is 0 Å². The minimum Gasteiger partial charge on any atom is -0.372 e. The maximum atomic E-state index is 13.0. The molecule has 0 bridgehead atoms. The van der Waals surface area contributed by atoms with Crippen molar-refractivity contribution in [1.82, 2.24) is 5.32 Å². The monoisotopic (exact) mass is 417 g/mol. The Balaban J connectivity index is 1.80. The summed E-state index contributed by atoms with van der Waals surface area (Å²) in [6.45, 7) is 2.39. The topological polar surface area (TPSA) is 21.3 Å². The number of nitrogens with one attached hydrogen (secondary N) is 1. The second-order valence-corrected chi connectivity index (χ2v) is 7.25. The van der Waals surface area contributed by atoms with E-state index in [2.05, 4.69) is 5.32 Å². The molecule has 1 saturated heterocycles. The van der Waals surface area contributed by atoms with Crippen molar-refractivity contribution in [3.05, 3.63) is 70.3 Å². The van der Waals surface area contributed by atoms with E-state index in [1.807, 2.05) is 31.2 Å². The fraction of sp³-hybridized carbons (Fsp3) is 0.429. The molecule has 8 heteroatoms. The van der Waals surface area contributed by atoms with Gasteiger partial charge in [0.05, 0.1) is 29.9 Å². The van der Waals surface area contributed by atoms with Crippen LogP contribution in [-0.2, 0) is 23.7 Å². The maximum absolute atomic E-state index is 13.0. The van der Waals surface area contributed by atoms with Gasteiger partial charge in [-0.25, -0.2) is 0 Å². The zero-order valence-electron chi connectivity index (χ0n) is 15.7. The summed E-state index contributed by atoms with van der Waals surface area (Å²) < 4.78 is 84.0. The Kier molecular flexibility index (Phi) is 6.24. The highest BCUT2D eigenvalue weighted by atomic mass is 19.4. The average Bonchev–Trinajstić information content (AvgIpc) is 2.66. The fourth-order valence-corrected chi connectivity index (χ4v) is 3.45. The molecule has 1 heterocycles. The zero-order chi connectivity index (χ0) is 21.2. The Labute approximate surface area is 164 Å². The number of hydrogen-bond donors (Lipinski definition) is 1. The van der Waals surface area contributed by atoms with Crippen molar-refractivity contribution in [2.24, 2.45) is 0 Å². The summed E-state index contributed by atoms with van der Waals surface area (Å²) in [7, 11) is 0. The quantitative estimate of drug-likeness (QED) is 0.612. The van der Waals surface area contributed by atoms with Gasteiger partial charge in [-0.2, -0.15) is 26.3 Å². The van der Waals surface area contributed by atoms with Gasteiger partial charge in [0.1, 0.15) is 0 Å². The number of hydrogen-bond acceptors (Lipinski definition) is 2. The van der Waals surface area contributed by atoms with Gasteiger partial charge in [0.15, 0.2) is 0 Å². The highest BCUT2D eigenvalue weighted by Gasteiger charge is 2.37. The van der Waals surface area contributed by atoms with Gasteiger partial charge in [0, 0.05) is 0 Å². The zero-order valence-corrected chi connectivity index (χ0v) is 15.7. The molecular weight excluding hydrogens is 396 g/mol. The minimum atomic E-state index is -4.87. The molecule has 2 aromatic rings. The highest BCUT2D eigenvalue weighted by Crippen LogP contribution is 2.37. The van der Waals surface area contributed by atoms with Crippen molar-refractivity contribution >= 4 is 0 Å². The van der Waals surface area contributed by atoms with E-state index in [0.717, 1.165) is 24.1 Å². The molecule has 2 atom stereocenters. The second kappa shape index (κ2) is 8.36. The Morgan fingerprint density at radius 3 is 2.07 bits per heavy atom. The molecule has 1 N–H and O–H groups in total. The number of alkyl halides is 6. The van der Waals surface area contributed by atoms with Crippen LogP contribution in [-0.4, -0.2) is 12.6 Å². The fourth-order valence-electron chi connectivity index (χ4n) is 3.45. The van der Waals surface area contributed by atoms with E-state index in [1.54, 1.807) is 0 Å². The van der Waals surface area contributed by atoms with Crippen LogP contribution in [0, 0.1) is 6.92 Å². The van der Waals surface area contributed by atoms with Gasteiger partial charge in [0.2, 0.25) is 0 Å². The van der Waals surface area contributed by atoms with Crippen molar-refractivity contribution in [3.8, 4) is 0 Å². The van der Waals surface area contributed by atoms with Gasteiger partial charge >= 0.3 is 12.4 Å². The van der Waals surface area contributed by atoms with E-state index in [-0.39, 0.29) is 30.4 Å². The van der Waals surface area contributed by atoms with Gasteiger partial charge in [-0.1, -0.05) is 29.8 Å². The van der Waals surface area contributed by atoms with E-state index in [1.165, 1.54) is 0 Å². The lowest BCUT2D eigenvalue weighted by molar-refractivity contribution is -0.143. The third kappa shape index (κ3) is 5.51. The van der Waals surface area contributed by atoms with Crippen molar-refractivity contribution in [1.29, 1.82) is 0 Å². The Bertz CT molecular complexity index is 796. The Hall–Kier alpha value is -2.06. The van der Waals surface area contributed by atoms with Crippen LogP contribution in [0.4, 0.5) is 26.3 Å². The first-order chi connectivity index (χ1) is 13.5. The highest BCUT2D eigenvalue weighted by molar-refractivity contribution is 5.33. The molecule has 0 amide bonds. The number of rotatable bonds is 4. The van der Waals surface area contributed by atoms with Gasteiger partial charge in [0.25, 0.3) is 0 Å². The van der Waals surface area contributed by atoms with Crippen LogP contribution < -0.4 is 5.32 Å². The summed E-state index contributed by atoms with van der Waals surface area (Å²) in [5.74, 6) is 0. The SMILES string of the molecule is Cc1ccc([C@H]2NCCC[C@H]2OCc2cc(C(F)(F)F)cc(C(F)(F)F)c2)cc1. The first-order valence-electron chi connectivity index (χ1n) is 9.24. The van der Waals surface area contributed by atoms with Gasteiger partial charge in [-0.05, 0) is 55.6 Å². The molecule has 0 spiro atoms. The van der Waals surface area contributed by atoms with Crippen molar-refractivity contribution < 1.29 is 31.1 Å². The summed E-state index contributed by atoms with van der Waals surface area (Å²) in [6, 6.07) is 9.18. The minimum absolute atomic E-state index is 0.126. The first kappa shape index (κ1) is 21.6. The van der Waals surface area contributed by atoms with E-state index in [9.17, 15) is 26.3 Å². The first-order valence-corrected chi connectivity index (χ1v) is 9.24. The molecule has 1 fully saturated rings. The van der Waals surface area contributed by atoms with Crippen molar-refractivity contribution in [2.45, 2.75) is 50.9 Å². The van der Waals surface area contributed by atoms with Gasteiger partial charge in [-0.3, -0.25) is 0 Å². The summed E-state index contributed by atoms with van der Waals surface area (Å²) in [4.78, 5) is 0. The normalized spacial score (nSPS) is 20.7. The van der Waals surface area contributed by atoms with Crippen molar-refractivity contribution in [3.63, 3.8) is 0 Å². The lowest BCUT2D eigenvalue weighted by atomic mass is 9.94. The molecule has 29 heavy (non-hydrogen) atoms. The van der Waals surface area contributed by atoms with Gasteiger partial charge in [-0.15, -0.1) is 0 Å². The summed E-state index contributed by atoms with van der Waals surface area (Å²) >= 11 is 0. The molecule has 2 nitrogen and oxygen atoms in total. The number of halogens is 6. The third-order valence-corrected chi connectivity index (χ3v) is 4.95. The lowest BCUT2D eigenvalue weighted by Crippen LogP contribution is -2.39. The Morgan fingerprint density at radius 2 is 1.52 bits per heavy atom. The molecule has 0 saturated carbocycles. The van der Waals surface area contributed by atoms with E-state index < -0.39 is 23.5 Å². The number of aryl methyl sites for hydroxylation is 1. The standard InChI is InChI=1S/C21H21F6NO/c1-13-4-6-15(7-5-13)19-18(3-2-8-28-19)29-12-14-9-16(20(22,23)24)11-17(10-14)21(25,26)27/h4-7,9-11,18-19,28H,2-3,8,12H2,1H3/t18-,19-/m1/s1. The molecule has 1 aliphatic rings. The lowest BCUT2D eigenvalue weighted by Gasteiger charge is -2.33. The predicted molar refractivity (Wildman–Crippen MR) is 96.2 cm³/mol. The molecule has 0 radical (unpaired) electrons. The molecule has 2 aromatic carbocycles. The van der Waals surface area contributed by atoms with Crippen LogP contribution in [0.15, 0.2) is 42.5 Å². The molecule has 3 rings (SSSR count). The van der Waals surface area contributed by atoms with E-state index in [0.29, 0.717) is 18.6 Å². The van der Waals surface area contributed by atoms with Crippen LogP contribution in [0.3, 0.4) is 0 Å². The van der Waals surface area contributed by atoms with E-state index in [4.69, 9.17) is 4.74 Å². The maximum Gasteiger partial charge on any atom is 0.416 e. The molecule has 158 valence electrons. The number of piperidine rings is 1. The number of benzene rings is 2. The largest absolute Gasteiger partial charge is 0.416 e. The molecule has 0 aromatic heterocycles. The van der Waals surface area contributed by atoms with Crippen molar-refractivity contribution in [2.75, 3.05) is 6.54 Å². The van der Waals surface area contributed by atoms with Crippen LogP contribution in [0.2, 0.25) is 0 Å². The second-order valence-electron chi connectivity index (χ2n) is 7.25. The molecule has 1 aliphatic heterocycles. The summed E-state index contributed by atoms with van der Waals surface area (Å²) in [5, 5.41) is 3.33.